The Kier molecular flexibility index (Phi) is 4.34. The fraction of sp³-hybridized carbons (Fsp3) is 0.211. The molecule has 0 aliphatic carbocycles. The van der Waals surface area contributed by atoms with Crippen molar-refractivity contribution >= 4 is 39.3 Å². The second-order valence-corrected chi connectivity index (χ2v) is 7.19. The summed E-state index contributed by atoms with van der Waals surface area (Å²) in [4.78, 5) is 12.9. The van der Waals surface area contributed by atoms with E-state index in [-0.39, 0.29) is 5.78 Å². The third-order valence-corrected chi connectivity index (χ3v) is 4.42. The van der Waals surface area contributed by atoms with Gasteiger partial charge in [-0.25, -0.2) is 0 Å². The van der Waals surface area contributed by atoms with Crippen LogP contribution in [0.25, 0.3) is 10.9 Å². The lowest BCUT2D eigenvalue weighted by atomic mass is 10.0. The smallest absolute Gasteiger partial charge is 0.195 e. The zero-order valence-electron chi connectivity index (χ0n) is 12.7. The Morgan fingerprint density at radius 1 is 1.09 bits per heavy atom. The quantitative estimate of drug-likeness (QED) is 0.437. The number of rotatable bonds is 4. The first-order chi connectivity index (χ1) is 10.6. The minimum absolute atomic E-state index is 0.0927. The van der Waals surface area contributed by atoms with E-state index in [4.69, 9.17) is 0 Å². The number of aromatic nitrogens is 1. The average Bonchev–Trinajstić information content (AvgIpc) is 2.86. The van der Waals surface area contributed by atoms with Crippen LogP contribution in [0, 0.1) is 9.49 Å². The summed E-state index contributed by atoms with van der Waals surface area (Å²) in [5.74, 6) is 0.632. The van der Waals surface area contributed by atoms with Gasteiger partial charge in [0.1, 0.15) is 0 Å². The molecular weight excluding hydrogens is 385 g/mol. The van der Waals surface area contributed by atoms with Crippen LogP contribution >= 0.6 is 22.6 Å². The fourth-order valence-electron chi connectivity index (χ4n) is 2.73. The first kappa shape index (κ1) is 15.3. The molecule has 0 N–H and O–H groups in total. The van der Waals surface area contributed by atoms with Crippen molar-refractivity contribution in [2.75, 3.05) is 0 Å². The molecule has 3 heteroatoms. The number of hydrogen-bond donors (Lipinski definition) is 0. The van der Waals surface area contributed by atoms with Gasteiger partial charge in [0.15, 0.2) is 5.78 Å². The van der Waals surface area contributed by atoms with E-state index in [1.165, 1.54) is 0 Å². The average molecular weight is 403 g/mol. The van der Waals surface area contributed by atoms with E-state index in [0.717, 1.165) is 32.1 Å². The molecule has 0 amide bonds. The van der Waals surface area contributed by atoms with E-state index in [1.54, 1.807) is 0 Å². The van der Waals surface area contributed by atoms with E-state index < -0.39 is 0 Å². The van der Waals surface area contributed by atoms with Crippen LogP contribution in [0.4, 0.5) is 0 Å². The monoisotopic (exact) mass is 403 g/mol. The zero-order chi connectivity index (χ0) is 15.7. The van der Waals surface area contributed by atoms with Crippen molar-refractivity contribution in [3.63, 3.8) is 0 Å². The maximum atomic E-state index is 12.9. The lowest BCUT2D eigenvalue weighted by Crippen LogP contribution is -2.03. The summed E-state index contributed by atoms with van der Waals surface area (Å²) in [6.07, 6.45) is 2.00. The topological polar surface area (TPSA) is 22.0 Å². The van der Waals surface area contributed by atoms with Crippen LogP contribution < -0.4 is 0 Å². The first-order valence-electron chi connectivity index (χ1n) is 7.44. The lowest BCUT2D eigenvalue weighted by Gasteiger charge is -2.07. The number of fused-ring (bicyclic) bond motifs is 1. The Bertz CT molecular complexity index is 815. The molecule has 0 saturated heterocycles. The van der Waals surface area contributed by atoms with Crippen molar-refractivity contribution in [1.82, 2.24) is 4.57 Å². The number of para-hydroxylation sites is 1. The Labute approximate surface area is 144 Å². The maximum absolute atomic E-state index is 12.9. The molecule has 0 aliphatic rings. The molecule has 0 saturated carbocycles. The van der Waals surface area contributed by atoms with Crippen LogP contribution in [0.5, 0.6) is 0 Å². The molecule has 0 radical (unpaired) electrons. The Morgan fingerprint density at radius 3 is 2.45 bits per heavy atom. The van der Waals surface area contributed by atoms with Gasteiger partial charge in [-0.05, 0) is 58.8 Å². The molecule has 112 valence electrons. The van der Waals surface area contributed by atoms with Gasteiger partial charge in [0.25, 0.3) is 0 Å². The van der Waals surface area contributed by atoms with Crippen molar-refractivity contribution in [2.24, 2.45) is 5.92 Å². The molecule has 0 aliphatic heterocycles. The molecule has 3 rings (SSSR count). The second-order valence-electron chi connectivity index (χ2n) is 5.94. The van der Waals surface area contributed by atoms with Crippen molar-refractivity contribution in [3.05, 3.63) is 69.4 Å². The van der Waals surface area contributed by atoms with Crippen LogP contribution in [0.15, 0.2) is 54.7 Å². The van der Waals surface area contributed by atoms with E-state index in [0.29, 0.717) is 5.92 Å². The normalized spacial score (nSPS) is 11.3. The highest BCUT2D eigenvalue weighted by molar-refractivity contribution is 14.1. The molecule has 0 spiro atoms. The molecule has 0 atom stereocenters. The van der Waals surface area contributed by atoms with Crippen molar-refractivity contribution in [3.8, 4) is 0 Å². The summed E-state index contributed by atoms with van der Waals surface area (Å²) in [5, 5.41) is 1.03. The van der Waals surface area contributed by atoms with Gasteiger partial charge in [-0.1, -0.05) is 32.0 Å². The lowest BCUT2D eigenvalue weighted by molar-refractivity contribution is 0.104. The second kappa shape index (κ2) is 6.24. The van der Waals surface area contributed by atoms with E-state index in [2.05, 4.69) is 47.1 Å². The van der Waals surface area contributed by atoms with Crippen LogP contribution in [-0.2, 0) is 6.54 Å². The molecule has 22 heavy (non-hydrogen) atoms. The van der Waals surface area contributed by atoms with Crippen LogP contribution in [0.2, 0.25) is 0 Å². The van der Waals surface area contributed by atoms with Gasteiger partial charge < -0.3 is 4.57 Å². The summed E-state index contributed by atoms with van der Waals surface area (Å²) in [6, 6.07) is 15.9. The van der Waals surface area contributed by atoms with Crippen LogP contribution in [0.3, 0.4) is 0 Å². The summed E-state index contributed by atoms with van der Waals surface area (Å²) in [5.41, 5.74) is 2.66. The van der Waals surface area contributed by atoms with E-state index in [1.807, 2.05) is 48.7 Å². The van der Waals surface area contributed by atoms with Crippen LogP contribution in [-0.4, -0.2) is 10.4 Å². The minimum atomic E-state index is 0.0927. The first-order valence-corrected chi connectivity index (χ1v) is 8.52. The number of ketones is 1. The molecule has 1 aromatic heterocycles. The molecule has 3 aromatic rings. The number of hydrogen-bond acceptors (Lipinski definition) is 1. The maximum Gasteiger partial charge on any atom is 0.195 e. The predicted octanol–water partition coefficient (Wildman–Crippen LogP) is 5.13. The Hall–Kier alpha value is -1.62. The van der Waals surface area contributed by atoms with Crippen molar-refractivity contribution in [2.45, 2.75) is 20.4 Å². The van der Waals surface area contributed by atoms with Gasteiger partial charge in [0, 0.05) is 38.3 Å². The van der Waals surface area contributed by atoms with Gasteiger partial charge in [-0.15, -0.1) is 0 Å². The number of carbonyl (C=O) groups is 1. The van der Waals surface area contributed by atoms with Gasteiger partial charge in [0.2, 0.25) is 0 Å². The van der Waals surface area contributed by atoms with Gasteiger partial charge in [-0.2, -0.15) is 0 Å². The van der Waals surface area contributed by atoms with Gasteiger partial charge in [-0.3, -0.25) is 4.79 Å². The van der Waals surface area contributed by atoms with Gasteiger partial charge in [0.05, 0.1) is 0 Å². The third-order valence-electron chi connectivity index (χ3n) is 3.70. The summed E-state index contributed by atoms with van der Waals surface area (Å²) in [7, 11) is 0. The SMILES string of the molecule is CC(C)Cn1cc(C(=O)c2ccc(I)cc2)c2ccccc21. The highest BCUT2D eigenvalue weighted by atomic mass is 127. The van der Waals surface area contributed by atoms with Gasteiger partial charge >= 0.3 is 0 Å². The largest absolute Gasteiger partial charge is 0.346 e. The van der Waals surface area contributed by atoms with E-state index >= 15 is 0 Å². The zero-order valence-corrected chi connectivity index (χ0v) is 14.9. The molecular formula is C19H18INO. The van der Waals surface area contributed by atoms with Crippen molar-refractivity contribution < 1.29 is 4.79 Å². The molecule has 2 aromatic carbocycles. The molecule has 2 nitrogen and oxygen atoms in total. The highest BCUT2D eigenvalue weighted by Crippen LogP contribution is 2.25. The minimum Gasteiger partial charge on any atom is -0.346 e. The Morgan fingerprint density at radius 2 is 1.77 bits per heavy atom. The number of benzene rings is 2. The molecule has 0 fully saturated rings. The van der Waals surface area contributed by atoms with Crippen LogP contribution in [0.1, 0.15) is 29.8 Å². The summed E-state index contributed by atoms with van der Waals surface area (Å²) < 4.78 is 3.33. The standard InChI is InChI=1S/C19H18INO/c1-13(2)11-21-12-17(16-5-3-4-6-18(16)21)19(22)14-7-9-15(20)10-8-14/h3-10,12-13H,11H2,1-2H3. The summed E-state index contributed by atoms with van der Waals surface area (Å²) in [6.45, 7) is 5.30. The molecule has 0 bridgehead atoms. The fourth-order valence-corrected chi connectivity index (χ4v) is 3.09. The number of carbonyl (C=O) groups excluding carboxylic acids is 1. The number of nitrogens with zero attached hydrogens (tertiary/aromatic N) is 1. The van der Waals surface area contributed by atoms with E-state index in [9.17, 15) is 4.79 Å². The molecule has 1 heterocycles. The van der Waals surface area contributed by atoms with Crippen molar-refractivity contribution in [1.29, 1.82) is 0 Å². The third kappa shape index (κ3) is 2.95. The number of halogens is 1. The highest BCUT2D eigenvalue weighted by Gasteiger charge is 2.16. The Balaban J connectivity index is 2.10. The molecule has 0 unspecified atom stereocenters. The summed E-state index contributed by atoms with van der Waals surface area (Å²) >= 11 is 2.25. The predicted molar refractivity (Wildman–Crippen MR) is 99.4 cm³/mol.